The van der Waals surface area contributed by atoms with Gasteiger partial charge in [-0.05, 0) is 38.5 Å². The topological polar surface area (TPSA) is 62.7 Å². The monoisotopic (exact) mass is 361 g/mol. The molecule has 1 aliphatic heterocycles. The molecule has 0 spiro atoms. The SMILES string of the molecule is C=C1NC=C(C(=O)N[C@H](C)CC)/C1=N/C(=C\C)Oc1ccc(F)cc1F. The molecule has 1 aliphatic rings. The maximum absolute atomic E-state index is 13.8. The highest BCUT2D eigenvalue weighted by Crippen LogP contribution is 2.22. The van der Waals surface area contributed by atoms with Crippen LogP contribution in [-0.4, -0.2) is 17.7 Å². The smallest absolute Gasteiger partial charge is 0.255 e. The first-order chi connectivity index (χ1) is 12.3. The van der Waals surface area contributed by atoms with Crippen molar-refractivity contribution in [2.75, 3.05) is 0 Å². The minimum atomic E-state index is -0.849. The summed E-state index contributed by atoms with van der Waals surface area (Å²) in [6.45, 7) is 9.31. The Balaban J connectivity index is 2.24. The summed E-state index contributed by atoms with van der Waals surface area (Å²) in [5.74, 6) is -1.97. The minimum Gasteiger partial charge on any atom is -0.436 e. The van der Waals surface area contributed by atoms with Gasteiger partial charge in [-0.3, -0.25) is 4.79 Å². The maximum Gasteiger partial charge on any atom is 0.255 e. The van der Waals surface area contributed by atoms with Crippen LogP contribution < -0.4 is 15.4 Å². The van der Waals surface area contributed by atoms with E-state index in [1.807, 2.05) is 13.8 Å². The third-order valence-corrected chi connectivity index (χ3v) is 3.74. The fraction of sp³-hybridized carbons (Fsp3) is 0.263. The van der Waals surface area contributed by atoms with Gasteiger partial charge in [-0.15, -0.1) is 0 Å². The van der Waals surface area contributed by atoms with Crippen molar-refractivity contribution in [2.45, 2.75) is 33.2 Å². The van der Waals surface area contributed by atoms with E-state index in [9.17, 15) is 13.6 Å². The lowest BCUT2D eigenvalue weighted by atomic mass is 10.1. The molecule has 138 valence electrons. The highest BCUT2D eigenvalue weighted by Gasteiger charge is 2.25. The summed E-state index contributed by atoms with van der Waals surface area (Å²) in [6, 6.07) is 2.98. The molecule has 0 fully saturated rings. The summed E-state index contributed by atoms with van der Waals surface area (Å²) < 4.78 is 32.2. The first-order valence-corrected chi connectivity index (χ1v) is 8.20. The van der Waals surface area contributed by atoms with Crippen LogP contribution in [-0.2, 0) is 4.79 Å². The molecule has 0 aromatic heterocycles. The lowest BCUT2D eigenvalue weighted by Gasteiger charge is -2.13. The van der Waals surface area contributed by atoms with Gasteiger partial charge in [0, 0.05) is 18.3 Å². The second-order valence-electron chi connectivity index (χ2n) is 5.73. The lowest BCUT2D eigenvalue weighted by Crippen LogP contribution is -2.34. The van der Waals surface area contributed by atoms with Gasteiger partial charge in [0.1, 0.15) is 11.5 Å². The first kappa shape index (κ1) is 19.4. The normalized spacial score (nSPS) is 17.0. The maximum atomic E-state index is 13.8. The van der Waals surface area contributed by atoms with E-state index in [0.717, 1.165) is 18.6 Å². The van der Waals surface area contributed by atoms with Gasteiger partial charge >= 0.3 is 0 Å². The Kier molecular flexibility index (Phi) is 6.27. The predicted molar refractivity (Wildman–Crippen MR) is 96.4 cm³/mol. The van der Waals surface area contributed by atoms with Crippen LogP contribution in [0.3, 0.4) is 0 Å². The van der Waals surface area contributed by atoms with E-state index < -0.39 is 11.6 Å². The van der Waals surface area contributed by atoms with E-state index in [-0.39, 0.29) is 23.6 Å². The Labute approximate surface area is 151 Å². The van der Waals surface area contributed by atoms with Crippen LogP contribution in [0.5, 0.6) is 5.75 Å². The number of aliphatic imine (C=N–C) groups is 1. The molecular weight excluding hydrogens is 340 g/mol. The lowest BCUT2D eigenvalue weighted by molar-refractivity contribution is -0.117. The molecule has 0 saturated heterocycles. The van der Waals surface area contributed by atoms with Gasteiger partial charge in [0.15, 0.2) is 11.6 Å². The van der Waals surface area contributed by atoms with Crippen LogP contribution in [0.4, 0.5) is 8.78 Å². The highest BCUT2D eigenvalue weighted by atomic mass is 19.1. The van der Waals surface area contributed by atoms with Crippen LogP contribution in [0.2, 0.25) is 0 Å². The summed E-state index contributed by atoms with van der Waals surface area (Å²) in [5, 5.41) is 5.70. The van der Waals surface area contributed by atoms with Crippen LogP contribution >= 0.6 is 0 Å². The molecule has 0 bridgehead atoms. The second-order valence-corrected chi connectivity index (χ2v) is 5.73. The number of benzene rings is 1. The average molecular weight is 361 g/mol. The zero-order valence-corrected chi connectivity index (χ0v) is 14.9. The van der Waals surface area contributed by atoms with Gasteiger partial charge in [0.25, 0.3) is 5.91 Å². The van der Waals surface area contributed by atoms with E-state index in [4.69, 9.17) is 4.74 Å². The van der Waals surface area contributed by atoms with Crippen molar-refractivity contribution < 1.29 is 18.3 Å². The Hall–Kier alpha value is -2.96. The van der Waals surface area contributed by atoms with E-state index in [0.29, 0.717) is 17.0 Å². The zero-order chi connectivity index (χ0) is 19.3. The Morgan fingerprint density at radius 1 is 1.46 bits per heavy atom. The number of allylic oxidation sites excluding steroid dienone is 2. The van der Waals surface area contributed by atoms with Crippen molar-refractivity contribution in [3.05, 3.63) is 65.8 Å². The predicted octanol–water partition coefficient (Wildman–Crippen LogP) is 3.56. The van der Waals surface area contributed by atoms with Crippen molar-refractivity contribution in [1.82, 2.24) is 10.6 Å². The van der Waals surface area contributed by atoms with Crippen molar-refractivity contribution in [1.29, 1.82) is 0 Å². The van der Waals surface area contributed by atoms with E-state index in [2.05, 4.69) is 22.2 Å². The molecule has 7 heteroatoms. The molecule has 26 heavy (non-hydrogen) atoms. The summed E-state index contributed by atoms with van der Waals surface area (Å²) in [7, 11) is 0. The van der Waals surface area contributed by atoms with Crippen molar-refractivity contribution in [2.24, 2.45) is 4.99 Å². The number of rotatable bonds is 6. The molecule has 2 rings (SSSR count). The Morgan fingerprint density at radius 3 is 2.81 bits per heavy atom. The molecule has 1 amide bonds. The first-order valence-electron chi connectivity index (χ1n) is 8.20. The number of hydrogen-bond donors (Lipinski definition) is 2. The van der Waals surface area contributed by atoms with Gasteiger partial charge in [-0.25, -0.2) is 13.8 Å². The molecule has 1 heterocycles. The fourth-order valence-corrected chi connectivity index (χ4v) is 2.09. The Bertz CT molecular complexity index is 813. The van der Waals surface area contributed by atoms with Crippen LogP contribution in [0.15, 0.2) is 59.2 Å². The van der Waals surface area contributed by atoms with Crippen LogP contribution in [0.25, 0.3) is 0 Å². The molecule has 0 unspecified atom stereocenters. The number of hydrogen-bond acceptors (Lipinski definition) is 4. The number of carbonyl (C=O) groups excluding carboxylic acids is 1. The van der Waals surface area contributed by atoms with E-state index in [1.54, 1.807) is 6.92 Å². The van der Waals surface area contributed by atoms with Crippen LogP contribution in [0.1, 0.15) is 27.2 Å². The van der Waals surface area contributed by atoms with E-state index in [1.165, 1.54) is 18.3 Å². The zero-order valence-electron chi connectivity index (χ0n) is 14.9. The highest BCUT2D eigenvalue weighted by molar-refractivity contribution is 6.29. The van der Waals surface area contributed by atoms with Gasteiger partial charge < -0.3 is 15.4 Å². The molecule has 0 radical (unpaired) electrons. The molecular formula is C19H21F2N3O2. The van der Waals surface area contributed by atoms with Crippen molar-refractivity contribution >= 4 is 11.6 Å². The van der Waals surface area contributed by atoms with E-state index >= 15 is 0 Å². The number of nitrogens with one attached hydrogen (secondary N) is 2. The molecule has 0 saturated carbocycles. The number of amides is 1. The standard InChI is InChI=1S/C19H21F2N3O2/c1-5-11(3)23-19(25)14-10-22-12(4)18(14)24-17(6-2)26-16-8-7-13(20)9-15(16)21/h6-11,22H,4-5H2,1-3H3,(H,23,25)/b17-6+,24-18+/t11-/m1/s1. The van der Waals surface area contributed by atoms with Gasteiger partial charge in [0.2, 0.25) is 5.88 Å². The van der Waals surface area contributed by atoms with Crippen molar-refractivity contribution in [3.8, 4) is 5.75 Å². The number of halogens is 2. The van der Waals surface area contributed by atoms with Gasteiger partial charge in [0.05, 0.1) is 11.3 Å². The molecule has 1 atom stereocenters. The number of carbonyl (C=O) groups is 1. The number of ether oxygens (including phenoxy) is 1. The summed E-state index contributed by atoms with van der Waals surface area (Å²) in [5.41, 5.74) is 1.01. The summed E-state index contributed by atoms with van der Waals surface area (Å²) in [4.78, 5) is 16.7. The van der Waals surface area contributed by atoms with Crippen molar-refractivity contribution in [3.63, 3.8) is 0 Å². The molecule has 1 aromatic carbocycles. The molecule has 2 N–H and O–H groups in total. The summed E-state index contributed by atoms with van der Waals surface area (Å²) in [6.07, 6.45) is 3.79. The molecule has 1 aromatic rings. The fourth-order valence-electron chi connectivity index (χ4n) is 2.09. The third kappa shape index (κ3) is 4.56. The van der Waals surface area contributed by atoms with Gasteiger partial charge in [-0.2, -0.15) is 0 Å². The average Bonchev–Trinajstić information content (AvgIpc) is 2.97. The summed E-state index contributed by atoms with van der Waals surface area (Å²) >= 11 is 0. The largest absolute Gasteiger partial charge is 0.436 e. The quantitative estimate of drug-likeness (QED) is 0.762. The van der Waals surface area contributed by atoms with Gasteiger partial charge in [-0.1, -0.05) is 13.5 Å². The van der Waals surface area contributed by atoms with Crippen LogP contribution in [0, 0.1) is 11.6 Å². The third-order valence-electron chi connectivity index (χ3n) is 3.74. The number of nitrogens with zero attached hydrogens (tertiary/aromatic N) is 1. The Morgan fingerprint density at radius 2 is 2.19 bits per heavy atom. The molecule has 5 nitrogen and oxygen atoms in total. The molecule has 0 aliphatic carbocycles. The minimum absolute atomic E-state index is 0.00395. The second kappa shape index (κ2) is 8.42.